The summed E-state index contributed by atoms with van der Waals surface area (Å²) in [5.74, 6) is 0.514. The number of carbonyl (C=O) groups is 1. The van der Waals surface area contributed by atoms with E-state index in [1.807, 2.05) is 77.6 Å². The van der Waals surface area contributed by atoms with Crippen molar-refractivity contribution in [2.45, 2.75) is 13.1 Å². The Hall–Kier alpha value is -3.94. The van der Waals surface area contributed by atoms with Gasteiger partial charge in [-0.2, -0.15) is 5.10 Å². The lowest BCUT2D eigenvalue weighted by atomic mass is 10.1. The monoisotopic (exact) mass is 482 g/mol. The van der Waals surface area contributed by atoms with Crippen molar-refractivity contribution in [2.75, 3.05) is 38.7 Å². The summed E-state index contributed by atoms with van der Waals surface area (Å²) in [7, 11) is 1.63. The molecule has 5 rings (SSSR count). The lowest BCUT2D eigenvalue weighted by Crippen LogP contribution is -2.35. The molecule has 184 valence electrons. The molecular weight excluding hydrogens is 452 g/mol. The van der Waals surface area contributed by atoms with Gasteiger partial charge in [0, 0.05) is 37.1 Å². The average Bonchev–Trinajstić information content (AvgIpc) is 3.35. The number of aromatic nitrogens is 2. The summed E-state index contributed by atoms with van der Waals surface area (Å²) in [5.41, 5.74) is 5.02. The van der Waals surface area contributed by atoms with E-state index in [4.69, 9.17) is 14.6 Å². The SMILES string of the molecule is COc1cccc(-c2nn(Cc3ccccc3)cc2C(=O)Nc2ccc(CN3CCOCC3)cc2)c1. The van der Waals surface area contributed by atoms with E-state index in [-0.39, 0.29) is 5.91 Å². The number of anilines is 1. The molecule has 0 saturated carbocycles. The third-order valence-electron chi connectivity index (χ3n) is 6.26. The lowest BCUT2D eigenvalue weighted by molar-refractivity contribution is 0.0342. The highest BCUT2D eigenvalue weighted by atomic mass is 16.5. The standard InChI is InChI=1S/C29H30N4O3/c1-35-26-9-5-8-24(18-26)28-27(21-33(31-28)20-22-6-3-2-4-7-22)29(34)30-25-12-10-23(11-13-25)19-32-14-16-36-17-15-32/h2-13,18,21H,14-17,19-20H2,1H3,(H,30,34). The number of ether oxygens (including phenoxy) is 2. The van der Waals surface area contributed by atoms with Gasteiger partial charge in [0.1, 0.15) is 11.4 Å². The maximum atomic E-state index is 13.4. The molecule has 36 heavy (non-hydrogen) atoms. The van der Waals surface area contributed by atoms with Crippen molar-refractivity contribution in [3.8, 4) is 17.0 Å². The minimum absolute atomic E-state index is 0.201. The summed E-state index contributed by atoms with van der Waals surface area (Å²) in [6.45, 7) is 4.89. The van der Waals surface area contributed by atoms with E-state index in [9.17, 15) is 4.79 Å². The molecule has 7 heteroatoms. The maximum absolute atomic E-state index is 13.4. The number of methoxy groups -OCH3 is 1. The minimum Gasteiger partial charge on any atom is -0.497 e. The first kappa shape index (κ1) is 23.8. The number of amides is 1. The second-order valence-electron chi connectivity index (χ2n) is 8.85. The van der Waals surface area contributed by atoms with Crippen LogP contribution in [0.4, 0.5) is 5.69 Å². The third kappa shape index (κ3) is 5.82. The molecule has 4 aromatic rings. The highest BCUT2D eigenvalue weighted by Gasteiger charge is 2.19. The van der Waals surface area contributed by atoms with Crippen LogP contribution < -0.4 is 10.1 Å². The molecule has 2 heterocycles. The highest BCUT2D eigenvalue weighted by molar-refractivity contribution is 6.08. The molecule has 0 atom stereocenters. The van der Waals surface area contributed by atoms with Crippen LogP contribution in [-0.2, 0) is 17.8 Å². The molecule has 1 amide bonds. The summed E-state index contributed by atoms with van der Waals surface area (Å²) < 4.78 is 12.6. The Bertz CT molecular complexity index is 1300. The molecule has 1 aliphatic heterocycles. The van der Waals surface area contributed by atoms with E-state index in [1.165, 1.54) is 5.56 Å². The number of hydrogen-bond donors (Lipinski definition) is 1. The van der Waals surface area contributed by atoms with Crippen molar-refractivity contribution in [3.05, 3.63) is 102 Å². The minimum atomic E-state index is -0.201. The molecule has 0 radical (unpaired) electrons. The zero-order valence-corrected chi connectivity index (χ0v) is 20.4. The predicted octanol–water partition coefficient (Wildman–Crippen LogP) is 4.69. The summed E-state index contributed by atoms with van der Waals surface area (Å²) in [6.07, 6.45) is 1.81. The Morgan fingerprint density at radius 1 is 0.944 bits per heavy atom. The first-order chi connectivity index (χ1) is 17.7. The molecule has 1 saturated heterocycles. The molecule has 7 nitrogen and oxygen atoms in total. The van der Waals surface area contributed by atoms with Gasteiger partial charge in [-0.1, -0.05) is 54.6 Å². The van der Waals surface area contributed by atoms with Gasteiger partial charge in [-0.3, -0.25) is 14.4 Å². The van der Waals surface area contributed by atoms with Crippen molar-refractivity contribution < 1.29 is 14.3 Å². The molecular formula is C29H30N4O3. The molecule has 0 spiro atoms. The number of rotatable bonds is 8. The third-order valence-corrected chi connectivity index (χ3v) is 6.26. The summed E-state index contributed by atoms with van der Waals surface area (Å²) in [4.78, 5) is 15.8. The lowest BCUT2D eigenvalue weighted by Gasteiger charge is -2.26. The average molecular weight is 483 g/mol. The number of morpholine rings is 1. The molecule has 0 bridgehead atoms. The topological polar surface area (TPSA) is 68.6 Å². The smallest absolute Gasteiger partial charge is 0.259 e. The van der Waals surface area contributed by atoms with E-state index < -0.39 is 0 Å². The Morgan fingerprint density at radius 2 is 1.69 bits per heavy atom. The van der Waals surface area contributed by atoms with Crippen molar-refractivity contribution in [1.29, 1.82) is 0 Å². The normalized spacial score (nSPS) is 13.9. The van der Waals surface area contributed by atoms with Gasteiger partial charge in [0.15, 0.2) is 0 Å². The van der Waals surface area contributed by atoms with Gasteiger partial charge in [-0.25, -0.2) is 0 Å². The zero-order chi connectivity index (χ0) is 24.7. The summed E-state index contributed by atoms with van der Waals surface area (Å²) in [6, 6.07) is 25.7. The van der Waals surface area contributed by atoms with Gasteiger partial charge >= 0.3 is 0 Å². The fourth-order valence-corrected chi connectivity index (χ4v) is 4.33. The van der Waals surface area contributed by atoms with Crippen LogP contribution >= 0.6 is 0 Å². The van der Waals surface area contributed by atoms with Gasteiger partial charge in [-0.05, 0) is 35.4 Å². The second-order valence-corrected chi connectivity index (χ2v) is 8.85. The molecule has 3 aromatic carbocycles. The van der Waals surface area contributed by atoms with Crippen LogP contribution in [0.2, 0.25) is 0 Å². The van der Waals surface area contributed by atoms with Crippen molar-refractivity contribution in [2.24, 2.45) is 0 Å². The van der Waals surface area contributed by atoms with Crippen molar-refractivity contribution >= 4 is 11.6 Å². The number of nitrogens with one attached hydrogen (secondary N) is 1. The molecule has 1 aliphatic rings. The van der Waals surface area contributed by atoms with E-state index in [0.717, 1.165) is 49.7 Å². The zero-order valence-electron chi connectivity index (χ0n) is 20.4. The van der Waals surface area contributed by atoms with Gasteiger partial charge in [0.05, 0.1) is 32.4 Å². The van der Waals surface area contributed by atoms with E-state index in [1.54, 1.807) is 7.11 Å². The van der Waals surface area contributed by atoms with Gasteiger partial charge < -0.3 is 14.8 Å². The second kappa shape index (κ2) is 11.2. The Kier molecular flexibility index (Phi) is 7.40. The van der Waals surface area contributed by atoms with E-state index in [0.29, 0.717) is 23.6 Å². The molecule has 1 N–H and O–H groups in total. The number of nitrogens with zero attached hydrogens (tertiary/aromatic N) is 3. The quantitative estimate of drug-likeness (QED) is 0.395. The highest BCUT2D eigenvalue weighted by Crippen LogP contribution is 2.27. The fourth-order valence-electron chi connectivity index (χ4n) is 4.33. The number of hydrogen-bond acceptors (Lipinski definition) is 5. The molecule has 1 aromatic heterocycles. The van der Waals surface area contributed by atoms with E-state index in [2.05, 4.69) is 22.3 Å². The first-order valence-electron chi connectivity index (χ1n) is 12.1. The Morgan fingerprint density at radius 3 is 2.44 bits per heavy atom. The first-order valence-corrected chi connectivity index (χ1v) is 12.1. The number of benzene rings is 3. The van der Waals surface area contributed by atoms with E-state index >= 15 is 0 Å². The largest absolute Gasteiger partial charge is 0.497 e. The summed E-state index contributed by atoms with van der Waals surface area (Å²) >= 11 is 0. The predicted molar refractivity (Wildman–Crippen MR) is 140 cm³/mol. The Labute approximate surface area is 211 Å². The van der Waals surface area contributed by atoms with Crippen molar-refractivity contribution in [3.63, 3.8) is 0 Å². The van der Waals surface area contributed by atoms with Gasteiger partial charge in [0.25, 0.3) is 5.91 Å². The van der Waals surface area contributed by atoms with Crippen molar-refractivity contribution in [1.82, 2.24) is 14.7 Å². The number of carbonyl (C=O) groups excluding carboxylic acids is 1. The molecule has 0 unspecified atom stereocenters. The Balaban J connectivity index is 1.37. The fraction of sp³-hybridized carbons (Fsp3) is 0.241. The van der Waals surface area contributed by atoms with Crippen LogP contribution in [0.1, 0.15) is 21.5 Å². The van der Waals surface area contributed by atoms with Crippen LogP contribution in [0.15, 0.2) is 85.1 Å². The molecule has 1 fully saturated rings. The van der Waals surface area contributed by atoms with Gasteiger partial charge in [0.2, 0.25) is 0 Å². The van der Waals surface area contributed by atoms with Gasteiger partial charge in [-0.15, -0.1) is 0 Å². The summed E-state index contributed by atoms with van der Waals surface area (Å²) in [5, 5.41) is 7.83. The van der Waals surface area contributed by atoms with Crippen LogP contribution in [0.25, 0.3) is 11.3 Å². The maximum Gasteiger partial charge on any atom is 0.259 e. The van der Waals surface area contributed by atoms with Crippen LogP contribution in [0.5, 0.6) is 5.75 Å². The van der Waals surface area contributed by atoms with Crippen LogP contribution in [0, 0.1) is 0 Å². The molecule has 0 aliphatic carbocycles. The van der Waals surface area contributed by atoms with Crippen LogP contribution in [-0.4, -0.2) is 54.0 Å². The van der Waals surface area contributed by atoms with Crippen LogP contribution in [0.3, 0.4) is 0 Å².